The van der Waals surface area contributed by atoms with E-state index in [1.54, 1.807) is 48.0 Å². The number of nitrogens with one attached hydrogen (secondary N) is 1. The second kappa shape index (κ2) is 11.4. The molecule has 0 unspecified atom stereocenters. The standard InChI is InChI=1S/C26H29ClN6O5/c1-18-25(17-28-32(18)22-5-2-19(27)3-6-22)38-26(34)29-20-4-7-23(24(16-20)33(35)36)31-10-8-21(9-11-31)30-12-14-37-15-13-30/h2-7,16-17,21H,8-15H2,1H3,(H,29,34). The number of benzene rings is 2. The summed E-state index contributed by atoms with van der Waals surface area (Å²) < 4.78 is 12.5. The van der Waals surface area contributed by atoms with Crippen molar-refractivity contribution in [2.24, 2.45) is 0 Å². The Kier molecular flexibility index (Phi) is 7.77. The van der Waals surface area contributed by atoms with Crippen LogP contribution < -0.4 is 15.0 Å². The fraction of sp³-hybridized carbons (Fsp3) is 0.385. The zero-order valence-corrected chi connectivity index (χ0v) is 21.8. The summed E-state index contributed by atoms with van der Waals surface area (Å²) in [6.45, 7) is 6.61. The molecule has 2 aliphatic heterocycles. The van der Waals surface area contributed by atoms with Gasteiger partial charge in [-0.1, -0.05) is 11.6 Å². The number of nitro benzene ring substituents is 1. The van der Waals surface area contributed by atoms with Gasteiger partial charge in [-0.25, -0.2) is 9.48 Å². The van der Waals surface area contributed by atoms with E-state index in [-0.39, 0.29) is 17.1 Å². The van der Waals surface area contributed by atoms with Crippen molar-refractivity contribution >= 4 is 34.8 Å². The van der Waals surface area contributed by atoms with Crippen LogP contribution in [-0.4, -0.2) is 71.1 Å². The fourth-order valence-electron chi connectivity index (χ4n) is 5.01. The summed E-state index contributed by atoms with van der Waals surface area (Å²) >= 11 is 5.95. The molecule has 0 bridgehead atoms. The summed E-state index contributed by atoms with van der Waals surface area (Å²) in [4.78, 5) is 28.6. The van der Waals surface area contributed by atoms with E-state index in [9.17, 15) is 14.9 Å². The van der Waals surface area contributed by atoms with Gasteiger partial charge in [0.2, 0.25) is 0 Å². The van der Waals surface area contributed by atoms with Crippen molar-refractivity contribution in [3.05, 3.63) is 69.5 Å². The maximum absolute atomic E-state index is 12.6. The molecule has 5 rings (SSSR count). The molecule has 2 saturated heterocycles. The third kappa shape index (κ3) is 5.74. The van der Waals surface area contributed by atoms with E-state index in [2.05, 4.69) is 15.3 Å². The SMILES string of the molecule is Cc1c(OC(=O)Nc2ccc(N3CCC(N4CCOCC4)CC3)c([N+](=O)[O-])c2)cnn1-c1ccc(Cl)cc1. The van der Waals surface area contributed by atoms with E-state index in [4.69, 9.17) is 21.1 Å². The van der Waals surface area contributed by atoms with Crippen LogP contribution >= 0.6 is 11.6 Å². The predicted molar refractivity (Wildman–Crippen MR) is 144 cm³/mol. The Morgan fingerprint density at radius 3 is 2.53 bits per heavy atom. The molecule has 0 radical (unpaired) electrons. The largest absolute Gasteiger partial charge is 0.417 e. The zero-order valence-electron chi connectivity index (χ0n) is 21.0. The van der Waals surface area contributed by atoms with Gasteiger partial charge in [-0.2, -0.15) is 5.10 Å². The van der Waals surface area contributed by atoms with Gasteiger partial charge in [0.1, 0.15) is 5.69 Å². The normalized spacial score (nSPS) is 16.8. The van der Waals surface area contributed by atoms with Crippen LogP contribution in [0, 0.1) is 17.0 Å². The van der Waals surface area contributed by atoms with Crippen LogP contribution in [0.4, 0.5) is 21.9 Å². The minimum atomic E-state index is -0.767. The first-order valence-corrected chi connectivity index (χ1v) is 12.9. The van der Waals surface area contributed by atoms with Crippen LogP contribution in [0.1, 0.15) is 18.5 Å². The number of carbonyl (C=O) groups excluding carboxylic acids is 1. The minimum Gasteiger partial charge on any atom is -0.406 e. The fourth-order valence-corrected chi connectivity index (χ4v) is 5.14. The first kappa shape index (κ1) is 26.0. The third-order valence-corrected chi connectivity index (χ3v) is 7.28. The second-order valence-corrected chi connectivity index (χ2v) is 9.76. The van der Waals surface area contributed by atoms with Crippen molar-refractivity contribution in [3.63, 3.8) is 0 Å². The number of nitrogens with zero attached hydrogens (tertiary/aromatic N) is 5. The van der Waals surface area contributed by atoms with Crippen molar-refractivity contribution in [1.29, 1.82) is 0 Å². The molecule has 2 aromatic carbocycles. The zero-order chi connectivity index (χ0) is 26.6. The van der Waals surface area contributed by atoms with E-state index in [0.29, 0.717) is 22.4 Å². The van der Waals surface area contributed by atoms with Gasteiger partial charge in [0, 0.05) is 43.3 Å². The summed E-state index contributed by atoms with van der Waals surface area (Å²) in [5.41, 5.74) is 2.15. The maximum Gasteiger partial charge on any atom is 0.417 e. The molecule has 2 aliphatic rings. The number of hydrogen-bond donors (Lipinski definition) is 1. The molecule has 3 heterocycles. The van der Waals surface area contributed by atoms with E-state index in [1.165, 1.54) is 12.3 Å². The lowest BCUT2D eigenvalue weighted by molar-refractivity contribution is -0.384. The van der Waals surface area contributed by atoms with Gasteiger partial charge in [-0.3, -0.25) is 20.3 Å². The lowest BCUT2D eigenvalue weighted by atomic mass is 10.0. The summed E-state index contributed by atoms with van der Waals surface area (Å²) in [5, 5.41) is 19.4. The summed E-state index contributed by atoms with van der Waals surface area (Å²) in [7, 11) is 0. The van der Waals surface area contributed by atoms with E-state index in [0.717, 1.165) is 57.9 Å². The van der Waals surface area contributed by atoms with Crippen LogP contribution in [0.25, 0.3) is 5.69 Å². The molecular weight excluding hydrogens is 512 g/mol. The van der Waals surface area contributed by atoms with Crippen molar-refractivity contribution < 1.29 is 19.2 Å². The van der Waals surface area contributed by atoms with Gasteiger partial charge in [0.15, 0.2) is 5.75 Å². The number of morpholine rings is 1. The number of carbonyl (C=O) groups is 1. The van der Waals surface area contributed by atoms with Gasteiger partial charge < -0.3 is 14.4 Å². The van der Waals surface area contributed by atoms with Crippen LogP contribution in [0.15, 0.2) is 48.7 Å². The van der Waals surface area contributed by atoms with Crippen LogP contribution in [0.5, 0.6) is 5.75 Å². The number of amides is 1. The number of hydrogen-bond acceptors (Lipinski definition) is 8. The minimum absolute atomic E-state index is 0.0561. The highest BCUT2D eigenvalue weighted by atomic mass is 35.5. The Morgan fingerprint density at radius 1 is 1.13 bits per heavy atom. The summed E-state index contributed by atoms with van der Waals surface area (Å²) in [5.74, 6) is 0.270. The molecule has 3 aromatic rings. The monoisotopic (exact) mass is 540 g/mol. The van der Waals surface area contributed by atoms with Crippen LogP contribution in [-0.2, 0) is 4.74 Å². The topological polar surface area (TPSA) is 115 Å². The highest BCUT2D eigenvalue weighted by molar-refractivity contribution is 6.30. The molecule has 1 amide bonds. The van der Waals surface area contributed by atoms with Gasteiger partial charge in [0.05, 0.1) is 41.4 Å². The van der Waals surface area contributed by atoms with E-state index in [1.807, 2.05) is 4.90 Å². The Labute approximate surface area is 225 Å². The Morgan fingerprint density at radius 2 is 1.84 bits per heavy atom. The average molecular weight is 541 g/mol. The number of halogens is 1. The van der Waals surface area contributed by atoms with Gasteiger partial charge in [-0.15, -0.1) is 0 Å². The van der Waals surface area contributed by atoms with Crippen molar-refractivity contribution in [2.75, 3.05) is 49.6 Å². The Balaban J connectivity index is 1.23. The molecule has 1 N–H and O–H groups in total. The highest BCUT2D eigenvalue weighted by Gasteiger charge is 2.29. The molecule has 0 saturated carbocycles. The number of anilines is 2. The molecule has 38 heavy (non-hydrogen) atoms. The number of nitro groups is 1. The van der Waals surface area contributed by atoms with Crippen molar-refractivity contribution in [2.45, 2.75) is 25.8 Å². The molecule has 2 fully saturated rings. The average Bonchev–Trinajstić information content (AvgIpc) is 3.29. The van der Waals surface area contributed by atoms with Gasteiger partial charge in [0.25, 0.3) is 5.69 Å². The Hall–Kier alpha value is -3.67. The second-order valence-electron chi connectivity index (χ2n) is 9.32. The quantitative estimate of drug-likeness (QED) is 0.355. The summed E-state index contributed by atoms with van der Waals surface area (Å²) in [6.07, 6.45) is 2.55. The molecule has 0 aliphatic carbocycles. The molecular formula is C26H29ClN6O5. The molecule has 200 valence electrons. The van der Waals surface area contributed by atoms with Gasteiger partial charge in [-0.05, 0) is 56.2 Å². The molecule has 1 aromatic heterocycles. The van der Waals surface area contributed by atoms with Crippen molar-refractivity contribution in [3.8, 4) is 11.4 Å². The van der Waals surface area contributed by atoms with E-state index < -0.39 is 11.0 Å². The Bertz CT molecular complexity index is 1300. The number of rotatable bonds is 6. The summed E-state index contributed by atoms with van der Waals surface area (Å²) in [6, 6.07) is 12.3. The van der Waals surface area contributed by atoms with E-state index >= 15 is 0 Å². The third-order valence-electron chi connectivity index (χ3n) is 7.02. The number of ether oxygens (including phenoxy) is 2. The number of piperidine rings is 1. The molecule has 0 spiro atoms. The molecule has 0 atom stereocenters. The molecule has 11 nitrogen and oxygen atoms in total. The number of aromatic nitrogens is 2. The van der Waals surface area contributed by atoms with Crippen molar-refractivity contribution in [1.82, 2.24) is 14.7 Å². The van der Waals surface area contributed by atoms with Crippen LogP contribution in [0.2, 0.25) is 5.02 Å². The smallest absolute Gasteiger partial charge is 0.406 e. The maximum atomic E-state index is 12.6. The predicted octanol–water partition coefficient (Wildman–Crippen LogP) is 4.65. The first-order valence-electron chi connectivity index (χ1n) is 12.5. The van der Waals surface area contributed by atoms with Crippen LogP contribution in [0.3, 0.4) is 0 Å². The first-order chi connectivity index (χ1) is 18.4. The highest BCUT2D eigenvalue weighted by Crippen LogP contribution is 2.34. The lowest BCUT2D eigenvalue weighted by Gasteiger charge is -2.40. The molecule has 12 heteroatoms. The van der Waals surface area contributed by atoms with Gasteiger partial charge >= 0.3 is 6.09 Å². The lowest BCUT2D eigenvalue weighted by Crippen LogP contribution is -2.49.